The van der Waals surface area contributed by atoms with Gasteiger partial charge in [0.1, 0.15) is 0 Å². The molecule has 0 saturated heterocycles. The third-order valence-electron chi connectivity index (χ3n) is 3.52. The van der Waals surface area contributed by atoms with Crippen LogP contribution >= 0.6 is 11.8 Å². The van der Waals surface area contributed by atoms with E-state index >= 15 is 0 Å². The zero-order valence-electron chi connectivity index (χ0n) is 14.4. The summed E-state index contributed by atoms with van der Waals surface area (Å²) in [5.41, 5.74) is 0. The minimum absolute atomic E-state index is 0.283. The zero-order chi connectivity index (χ0) is 16.3. The Morgan fingerprint density at radius 2 is 1.64 bits per heavy atom. The quantitative estimate of drug-likeness (QED) is 0.262. The third-order valence-corrected chi connectivity index (χ3v) is 5.79. The van der Waals surface area contributed by atoms with Gasteiger partial charge in [0.05, 0.1) is 0 Å². The fourth-order valence-electron chi connectivity index (χ4n) is 2.17. The van der Waals surface area contributed by atoms with Gasteiger partial charge in [-0.1, -0.05) is 25.4 Å². The standard InChI is InChI=1S/C16H36N2O2SSi/c1-22-15-6-4-9-17-10-7-11-18-12-14-21-13-5-2-3-8-16(19)20/h17-18H,2-15,22H2,1H3,(H,19,20). The minimum atomic E-state index is -0.672. The van der Waals surface area contributed by atoms with Gasteiger partial charge in [-0.3, -0.25) is 4.79 Å². The van der Waals surface area contributed by atoms with E-state index in [2.05, 4.69) is 17.2 Å². The molecule has 0 aromatic rings. The summed E-state index contributed by atoms with van der Waals surface area (Å²) in [4.78, 5) is 10.3. The fourth-order valence-corrected chi connectivity index (χ4v) is 3.92. The molecule has 0 aromatic carbocycles. The number of nitrogens with one attached hydrogen (secondary N) is 2. The van der Waals surface area contributed by atoms with Gasteiger partial charge in [0.2, 0.25) is 0 Å². The summed E-state index contributed by atoms with van der Waals surface area (Å²) < 4.78 is 0. The predicted molar refractivity (Wildman–Crippen MR) is 102 cm³/mol. The third kappa shape index (κ3) is 20.0. The molecule has 132 valence electrons. The molecule has 0 atom stereocenters. The molecule has 0 aliphatic rings. The Balaban J connectivity index is 2.95. The summed E-state index contributed by atoms with van der Waals surface area (Å²) in [6.07, 6.45) is 7.30. The Kier molecular flexibility index (Phi) is 19.0. The van der Waals surface area contributed by atoms with Gasteiger partial charge in [-0.15, -0.1) is 0 Å². The highest BCUT2D eigenvalue weighted by Gasteiger charge is 1.96. The van der Waals surface area contributed by atoms with Crippen LogP contribution in [-0.2, 0) is 4.79 Å². The van der Waals surface area contributed by atoms with Crippen molar-refractivity contribution >= 4 is 27.3 Å². The van der Waals surface area contributed by atoms with Crippen molar-refractivity contribution in [3.8, 4) is 0 Å². The maximum atomic E-state index is 10.3. The topological polar surface area (TPSA) is 61.4 Å². The van der Waals surface area contributed by atoms with Gasteiger partial charge in [0.15, 0.2) is 0 Å². The number of thioether (sulfide) groups is 1. The SMILES string of the molecule is C[SiH2]CCCCNCCCNCCSCCCCCC(=O)O. The molecular formula is C16H36N2O2SSi. The van der Waals surface area contributed by atoms with Gasteiger partial charge in [-0.05, 0) is 51.1 Å². The van der Waals surface area contributed by atoms with Crippen LogP contribution in [0.3, 0.4) is 0 Å². The van der Waals surface area contributed by atoms with E-state index in [1.54, 1.807) is 0 Å². The molecule has 22 heavy (non-hydrogen) atoms. The molecule has 3 N–H and O–H groups in total. The molecule has 4 nitrogen and oxygen atoms in total. The molecule has 0 aromatic heterocycles. The number of rotatable bonds is 18. The first-order valence-electron chi connectivity index (χ1n) is 8.98. The van der Waals surface area contributed by atoms with Crippen LogP contribution in [0.1, 0.15) is 44.9 Å². The second-order valence-corrected chi connectivity index (χ2v) is 8.66. The van der Waals surface area contributed by atoms with Crippen LogP contribution in [0, 0.1) is 0 Å². The van der Waals surface area contributed by atoms with E-state index in [1.165, 1.54) is 31.9 Å². The smallest absolute Gasteiger partial charge is 0.303 e. The van der Waals surface area contributed by atoms with E-state index in [0.717, 1.165) is 50.4 Å². The van der Waals surface area contributed by atoms with Gasteiger partial charge in [-0.25, -0.2) is 0 Å². The van der Waals surface area contributed by atoms with Gasteiger partial charge >= 0.3 is 5.97 Å². The molecule has 0 saturated carbocycles. The summed E-state index contributed by atoms with van der Waals surface area (Å²) >= 11 is 1.97. The average Bonchev–Trinajstić information content (AvgIpc) is 2.50. The monoisotopic (exact) mass is 348 g/mol. The number of hydrogen-bond donors (Lipinski definition) is 3. The highest BCUT2D eigenvalue weighted by molar-refractivity contribution is 7.99. The zero-order valence-corrected chi connectivity index (χ0v) is 16.6. The van der Waals surface area contributed by atoms with Crippen LogP contribution in [0.4, 0.5) is 0 Å². The van der Waals surface area contributed by atoms with Crippen LogP contribution in [0.2, 0.25) is 12.6 Å². The van der Waals surface area contributed by atoms with Crippen molar-refractivity contribution in [3.05, 3.63) is 0 Å². The van der Waals surface area contributed by atoms with Crippen molar-refractivity contribution in [1.29, 1.82) is 0 Å². The molecule has 0 rings (SSSR count). The first-order chi connectivity index (χ1) is 10.8. The second-order valence-electron chi connectivity index (χ2n) is 5.73. The first kappa shape index (κ1) is 22.0. The molecule has 0 heterocycles. The lowest BCUT2D eigenvalue weighted by atomic mass is 10.2. The van der Waals surface area contributed by atoms with Crippen LogP contribution in [0.25, 0.3) is 0 Å². The lowest BCUT2D eigenvalue weighted by Crippen LogP contribution is -2.24. The van der Waals surface area contributed by atoms with E-state index in [1.807, 2.05) is 11.8 Å². The van der Waals surface area contributed by atoms with Crippen LogP contribution in [0.15, 0.2) is 0 Å². The van der Waals surface area contributed by atoms with Crippen molar-refractivity contribution in [1.82, 2.24) is 10.6 Å². The number of carboxylic acid groups (broad SMARTS) is 1. The number of hydrogen-bond acceptors (Lipinski definition) is 4. The fraction of sp³-hybridized carbons (Fsp3) is 0.938. The molecule has 0 spiro atoms. The predicted octanol–water partition coefficient (Wildman–Crippen LogP) is 2.35. The minimum Gasteiger partial charge on any atom is -0.481 e. The summed E-state index contributed by atoms with van der Waals surface area (Å²) in [7, 11) is 0.283. The van der Waals surface area contributed by atoms with E-state index in [4.69, 9.17) is 5.11 Å². The van der Waals surface area contributed by atoms with Crippen molar-refractivity contribution < 1.29 is 9.90 Å². The molecule has 0 unspecified atom stereocenters. The van der Waals surface area contributed by atoms with E-state index in [9.17, 15) is 4.79 Å². The molecule has 0 radical (unpaired) electrons. The van der Waals surface area contributed by atoms with Crippen molar-refractivity contribution in [2.75, 3.05) is 37.7 Å². The highest BCUT2D eigenvalue weighted by Crippen LogP contribution is 2.06. The molecule has 0 fully saturated rings. The van der Waals surface area contributed by atoms with Gasteiger partial charge < -0.3 is 15.7 Å². The average molecular weight is 349 g/mol. The number of aliphatic carboxylic acids is 1. The molecule has 6 heteroatoms. The maximum Gasteiger partial charge on any atom is 0.303 e. The summed E-state index contributed by atoms with van der Waals surface area (Å²) in [6.45, 7) is 6.89. The Hall–Kier alpha value is -0.0431. The number of carbonyl (C=O) groups is 1. The largest absolute Gasteiger partial charge is 0.481 e. The Morgan fingerprint density at radius 1 is 0.909 bits per heavy atom. The van der Waals surface area contributed by atoms with E-state index in [-0.39, 0.29) is 9.52 Å². The van der Waals surface area contributed by atoms with Gasteiger partial charge in [0, 0.05) is 28.2 Å². The van der Waals surface area contributed by atoms with Crippen LogP contribution in [0.5, 0.6) is 0 Å². The van der Waals surface area contributed by atoms with E-state index in [0.29, 0.717) is 6.42 Å². The molecule has 0 bridgehead atoms. The van der Waals surface area contributed by atoms with Crippen LogP contribution in [-0.4, -0.2) is 58.3 Å². The van der Waals surface area contributed by atoms with Crippen molar-refractivity contribution in [2.45, 2.75) is 57.5 Å². The summed E-state index contributed by atoms with van der Waals surface area (Å²) in [5, 5.41) is 15.5. The van der Waals surface area contributed by atoms with Gasteiger partial charge in [-0.2, -0.15) is 11.8 Å². The van der Waals surface area contributed by atoms with E-state index < -0.39 is 5.97 Å². The molecule has 0 aliphatic heterocycles. The lowest BCUT2D eigenvalue weighted by Gasteiger charge is -2.06. The first-order valence-corrected chi connectivity index (χ1v) is 12.5. The summed E-state index contributed by atoms with van der Waals surface area (Å²) in [6, 6.07) is 1.50. The summed E-state index contributed by atoms with van der Waals surface area (Å²) in [5.74, 6) is 1.64. The molecule has 0 aliphatic carbocycles. The lowest BCUT2D eigenvalue weighted by molar-refractivity contribution is -0.137. The van der Waals surface area contributed by atoms with Gasteiger partial charge in [0.25, 0.3) is 0 Å². The maximum absolute atomic E-state index is 10.3. The Morgan fingerprint density at radius 3 is 2.36 bits per heavy atom. The normalized spacial score (nSPS) is 11.5. The van der Waals surface area contributed by atoms with Crippen molar-refractivity contribution in [3.63, 3.8) is 0 Å². The highest BCUT2D eigenvalue weighted by atomic mass is 32.2. The number of carboxylic acids is 1. The Bertz CT molecular complexity index is 246. The van der Waals surface area contributed by atoms with Crippen molar-refractivity contribution in [2.24, 2.45) is 0 Å². The van der Waals surface area contributed by atoms with Crippen LogP contribution < -0.4 is 10.6 Å². The Labute approximate surface area is 143 Å². The molecule has 0 amide bonds. The molecular weight excluding hydrogens is 312 g/mol. The number of unbranched alkanes of at least 4 members (excludes halogenated alkanes) is 3. The second kappa shape index (κ2) is 19.0.